The van der Waals surface area contributed by atoms with E-state index in [-0.39, 0.29) is 11.9 Å². The van der Waals surface area contributed by atoms with Gasteiger partial charge in [0.2, 0.25) is 5.91 Å². The van der Waals surface area contributed by atoms with E-state index < -0.39 is 6.04 Å². The van der Waals surface area contributed by atoms with Gasteiger partial charge in [0.25, 0.3) is 0 Å². The van der Waals surface area contributed by atoms with E-state index in [9.17, 15) is 4.79 Å². The normalized spacial score (nSPS) is 15.6. The van der Waals surface area contributed by atoms with Crippen LogP contribution in [0, 0.1) is 6.92 Å². The molecule has 28 heavy (non-hydrogen) atoms. The van der Waals surface area contributed by atoms with Gasteiger partial charge in [0, 0.05) is 6.04 Å². The topological polar surface area (TPSA) is 41.1 Å². The van der Waals surface area contributed by atoms with Gasteiger partial charge in [-0.2, -0.15) is 0 Å². The Morgan fingerprint density at radius 3 is 1.89 bits per heavy atom. The van der Waals surface area contributed by atoms with Crippen molar-refractivity contribution in [2.45, 2.75) is 37.9 Å². The van der Waals surface area contributed by atoms with Crippen LogP contribution in [0.4, 0.5) is 0 Å². The molecule has 0 spiro atoms. The maximum absolute atomic E-state index is 13.1. The molecule has 0 aromatic heterocycles. The second-order valence-corrected chi connectivity index (χ2v) is 7.55. The van der Waals surface area contributed by atoms with Crippen molar-refractivity contribution >= 4 is 5.91 Å². The number of benzene rings is 3. The molecule has 0 radical (unpaired) electrons. The molecule has 3 heteroatoms. The summed E-state index contributed by atoms with van der Waals surface area (Å²) in [4.78, 5) is 13.1. The Morgan fingerprint density at radius 1 is 0.786 bits per heavy atom. The van der Waals surface area contributed by atoms with Gasteiger partial charge in [0.05, 0.1) is 6.04 Å². The fourth-order valence-electron chi connectivity index (χ4n) is 3.44. The molecule has 1 aliphatic rings. The Balaban J connectivity index is 1.69. The van der Waals surface area contributed by atoms with Crippen molar-refractivity contribution in [2.75, 3.05) is 0 Å². The molecule has 1 amide bonds. The third-order valence-electron chi connectivity index (χ3n) is 5.20. The monoisotopic (exact) mass is 370 g/mol. The van der Waals surface area contributed by atoms with Crippen molar-refractivity contribution in [2.24, 2.45) is 0 Å². The summed E-state index contributed by atoms with van der Waals surface area (Å²) in [6, 6.07) is 28.7. The fraction of sp³-hybridized carbons (Fsp3) is 0.240. The number of rotatable bonds is 7. The molecule has 0 bridgehead atoms. The predicted octanol–water partition coefficient (Wildman–Crippen LogP) is 4.69. The Bertz CT molecular complexity index is 902. The van der Waals surface area contributed by atoms with Crippen LogP contribution in [-0.4, -0.2) is 11.9 Å². The molecule has 1 fully saturated rings. The third-order valence-corrected chi connectivity index (χ3v) is 5.20. The van der Waals surface area contributed by atoms with Gasteiger partial charge in [-0.25, -0.2) is 0 Å². The molecule has 2 N–H and O–H groups in total. The lowest BCUT2D eigenvalue weighted by atomic mass is 9.95. The van der Waals surface area contributed by atoms with Crippen LogP contribution in [0.2, 0.25) is 0 Å². The fourth-order valence-corrected chi connectivity index (χ4v) is 3.44. The zero-order chi connectivity index (χ0) is 19.3. The first kappa shape index (κ1) is 18.5. The summed E-state index contributed by atoms with van der Waals surface area (Å²) in [7, 11) is 0. The van der Waals surface area contributed by atoms with Gasteiger partial charge in [-0.1, -0.05) is 90.5 Å². The minimum atomic E-state index is -0.409. The maximum Gasteiger partial charge on any atom is 0.241 e. The summed E-state index contributed by atoms with van der Waals surface area (Å²) in [5.74, 6) is 0.0433. The van der Waals surface area contributed by atoms with Crippen LogP contribution in [0.1, 0.15) is 47.2 Å². The standard InChI is InChI=1S/C25H26N2O/c1-18-12-14-21(15-13-18)23(19-8-4-2-5-9-19)27-24(20-10-6-3-7-11-20)25(28)26-22-16-17-22/h2-15,22-24,27H,16-17H2,1H3,(H,26,28)/t23-,24-/m1/s1. The van der Waals surface area contributed by atoms with Crippen LogP contribution in [0.25, 0.3) is 0 Å². The van der Waals surface area contributed by atoms with Gasteiger partial charge >= 0.3 is 0 Å². The summed E-state index contributed by atoms with van der Waals surface area (Å²) in [5.41, 5.74) is 4.50. The van der Waals surface area contributed by atoms with E-state index in [0.717, 1.165) is 29.5 Å². The minimum Gasteiger partial charge on any atom is -0.352 e. The summed E-state index contributed by atoms with van der Waals surface area (Å²) < 4.78 is 0. The van der Waals surface area contributed by atoms with Gasteiger partial charge in [0.15, 0.2) is 0 Å². The summed E-state index contributed by atoms with van der Waals surface area (Å²) in [6.45, 7) is 2.09. The first-order valence-corrected chi connectivity index (χ1v) is 9.93. The number of aryl methyl sites for hydroxylation is 1. The first-order valence-electron chi connectivity index (χ1n) is 9.93. The van der Waals surface area contributed by atoms with E-state index in [1.807, 2.05) is 48.5 Å². The van der Waals surface area contributed by atoms with Crippen molar-refractivity contribution < 1.29 is 4.79 Å². The van der Waals surface area contributed by atoms with Gasteiger partial charge in [-0.3, -0.25) is 10.1 Å². The molecule has 4 rings (SSSR count). The molecule has 0 saturated heterocycles. The molecule has 1 saturated carbocycles. The Morgan fingerprint density at radius 2 is 1.32 bits per heavy atom. The van der Waals surface area contributed by atoms with Gasteiger partial charge in [-0.05, 0) is 36.5 Å². The number of carbonyl (C=O) groups is 1. The van der Waals surface area contributed by atoms with Crippen LogP contribution in [0.15, 0.2) is 84.9 Å². The molecule has 3 aromatic carbocycles. The summed E-state index contributed by atoms with van der Waals surface area (Å²) in [6.07, 6.45) is 2.15. The average Bonchev–Trinajstić information content (AvgIpc) is 3.55. The quantitative estimate of drug-likeness (QED) is 0.633. The van der Waals surface area contributed by atoms with E-state index in [2.05, 4.69) is 54.0 Å². The highest BCUT2D eigenvalue weighted by Gasteiger charge is 2.30. The Kier molecular flexibility index (Phi) is 5.54. The van der Waals surface area contributed by atoms with Crippen molar-refractivity contribution in [3.05, 3.63) is 107 Å². The van der Waals surface area contributed by atoms with Crippen molar-refractivity contribution in [3.63, 3.8) is 0 Å². The highest BCUT2D eigenvalue weighted by molar-refractivity contribution is 5.83. The molecule has 0 heterocycles. The van der Waals surface area contributed by atoms with E-state index in [1.54, 1.807) is 0 Å². The molecule has 3 nitrogen and oxygen atoms in total. The number of hydrogen-bond acceptors (Lipinski definition) is 2. The Labute approximate surface area is 166 Å². The number of amides is 1. The predicted molar refractivity (Wildman–Crippen MR) is 113 cm³/mol. The van der Waals surface area contributed by atoms with Gasteiger partial charge < -0.3 is 5.32 Å². The van der Waals surface area contributed by atoms with Gasteiger partial charge in [0.1, 0.15) is 6.04 Å². The second kappa shape index (κ2) is 8.41. The van der Waals surface area contributed by atoms with Crippen LogP contribution >= 0.6 is 0 Å². The SMILES string of the molecule is Cc1ccc([C@H](N[C@@H](C(=O)NC2CC2)c2ccccc2)c2ccccc2)cc1. The van der Waals surface area contributed by atoms with E-state index in [1.165, 1.54) is 5.56 Å². The second-order valence-electron chi connectivity index (χ2n) is 7.55. The van der Waals surface area contributed by atoms with E-state index in [0.29, 0.717) is 6.04 Å². The molecule has 2 atom stereocenters. The lowest BCUT2D eigenvalue weighted by Crippen LogP contribution is -2.40. The smallest absolute Gasteiger partial charge is 0.241 e. The van der Waals surface area contributed by atoms with Crippen LogP contribution in [0.5, 0.6) is 0 Å². The molecular weight excluding hydrogens is 344 g/mol. The largest absolute Gasteiger partial charge is 0.352 e. The molecular formula is C25H26N2O. The summed E-state index contributed by atoms with van der Waals surface area (Å²) >= 11 is 0. The van der Waals surface area contributed by atoms with Crippen molar-refractivity contribution in [1.82, 2.24) is 10.6 Å². The molecule has 142 valence electrons. The molecule has 1 aliphatic carbocycles. The number of carbonyl (C=O) groups excluding carboxylic acids is 1. The van der Waals surface area contributed by atoms with Crippen LogP contribution in [-0.2, 0) is 4.79 Å². The third kappa shape index (κ3) is 4.49. The maximum atomic E-state index is 13.1. The minimum absolute atomic E-state index is 0.0433. The number of nitrogens with one attached hydrogen (secondary N) is 2. The van der Waals surface area contributed by atoms with E-state index in [4.69, 9.17) is 0 Å². The summed E-state index contributed by atoms with van der Waals surface area (Å²) in [5, 5.41) is 6.81. The van der Waals surface area contributed by atoms with Crippen molar-refractivity contribution in [3.8, 4) is 0 Å². The first-order chi connectivity index (χ1) is 13.7. The Hall–Kier alpha value is -2.91. The molecule has 0 unspecified atom stereocenters. The molecule has 0 aliphatic heterocycles. The van der Waals surface area contributed by atoms with Crippen LogP contribution < -0.4 is 10.6 Å². The van der Waals surface area contributed by atoms with Crippen LogP contribution in [0.3, 0.4) is 0 Å². The molecule has 3 aromatic rings. The van der Waals surface area contributed by atoms with E-state index >= 15 is 0 Å². The zero-order valence-electron chi connectivity index (χ0n) is 16.1. The zero-order valence-corrected chi connectivity index (χ0v) is 16.1. The lowest BCUT2D eigenvalue weighted by Gasteiger charge is -2.27. The van der Waals surface area contributed by atoms with Gasteiger partial charge in [-0.15, -0.1) is 0 Å². The average molecular weight is 370 g/mol. The number of hydrogen-bond donors (Lipinski definition) is 2. The highest BCUT2D eigenvalue weighted by atomic mass is 16.2. The van der Waals surface area contributed by atoms with Crippen molar-refractivity contribution in [1.29, 1.82) is 0 Å². The lowest BCUT2D eigenvalue weighted by molar-refractivity contribution is -0.123. The highest BCUT2D eigenvalue weighted by Crippen LogP contribution is 2.28.